The van der Waals surface area contributed by atoms with Crippen molar-refractivity contribution in [3.05, 3.63) is 12.2 Å². The third-order valence-electron chi connectivity index (χ3n) is 5.74. The minimum atomic E-state index is -0.825. The maximum atomic E-state index is 12.9. The van der Waals surface area contributed by atoms with Gasteiger partial charge in [-0.05, 0) is 44.9 Å². The summed E-state index contributed by atoms with van der Waals surface area (Å²) in [5.41, 5.74) is 8.15. The topological polar surface area (TPSA) is 134 Å². The van der Waals surface area contributed by atoms with Gasteiger partial charge in [-0.15, -0.1) is 0 Å². The van der Waals surface area contributed by atoms with E-state index in [1.54, 1.807) is 6.92 Å². The average Bonchev–Trinajstić information content (AvgIpc) is 2.74. The Morgan fingerprint density at radius 1 is 1.13 bits per heavy atom. The highest BCUT2D eigenvalue weighted by Gasteiger charge is 2.33. The SMILES string of the molecule is C/C=C/C(CC)C(C)C(=O)NC(C(=O)NC(C)C(=O)N1CCCC(C(N)=O)N1)C(C)C. The molecule has 4 amide bonds. The van der Waals surface area contributed by atoms with E-state index in [4.69, 9.17) is 5.73 Å². The first kappa shape index (κ1) is 26.6. The number of nitrogens with two attached hydrogens (primary N) is 1. The van der Waals surface area contributed by atoms with Crippen LogP contribution in [0.1, 0.15) is 60.8 Å². The lowest BCUT2D eigenvalue weighted by Crippen LogP contribution is -2.61. The Balaban J connectivity index is 2.77. The molecule has 0 aromatic rings. The fourth-order valence-electron chi connectivity index (χ4n) is 3.67. The zero-order chi connectivity index (χ0) is 23.7. The number of carbonyl (C=O) groups excluding carboxylic acids is 4. The van der Waals surface area contributed by atoms with E-state index in [0.29, 0.717) is 19.4 Å². The Morgan fingerprint density at radius 3 is 2.29 bits per heavy atom. The van der Waals surface area contributed by atoms with Gasteiger partial charge in [-0.3, -0.25) is 24.2 Å². The van der Waals surface area contributed by atoms with E-state index in [2.05, 4.69) is 16.1 Å². The van der Waals surface area contributed by atoms with Gasteiger partial charge in [-0.1, -0.05) is 39.8 Å². The Labute approximate surface area is 185 Å². The summed E-state index contributed by atoms with van der Waals surface area (Å²) in [4.78, 5) is 49.8. The van der Waals surface area contributed by atoms with E-state index < -0.39 is 29.9 Å². The molecule has 1 fully saturated rings. The smallest absolute Gasteiger partial charge is 0.258 e. The first-order chi connectivity index (χ1) is 14.5. The first-order valence-corrected chi connectivity index (χ1v) is 11.1. The first-order valence-electron chi connectivity index (χ1n) is 11.1. The Morgan fingerprint density at radius 2 is 1.77 bits per heavy atom. The second kappa shape index (κ2) is 12.4. The molecule has 1 heterocycles. The van der Waals surface area contributed by atoms with E-state index in [-0.39, 0.29) is 29.6 Å². The number of hydrogen-bond acceptors (Lipinski definition) is 5. The van der Waals surface area contributed by atoms with Crippen molar-refractivity contribution >= 4 is 23.6 Å². The van der Waals surface area contributed by atoms with Crippen molar-refractivity contribution < 1.29 is 19.2 Å². The number of nitrogens with zero attached hydrogens (tertiary/aromatic N) is 1. The van der Waals surface area contributed by atoms with Gasteiger partial charge in [-0.2, -0.15) is 0 Å². The summed E-state index contributed by atoms with van der Waals surface area (Å²) in [6.07, 6.45) is 5.94. The average molecular weight is 438 g/mol. The monoisotopic (exact) mass is 437 g/mol. The van der Waals surface area contributed by atoms with Crippen molar-refractivity contribution in [2.45, 2.75) is 78.9 Å². The van der Waals surface area contributed by atoms with Crippen LogP contribution < -0.4 is 21.8 Å². The molecule has 0 aliphatic carbocycles. The lowest BCUT2D eigenvalue weighted by Gasteiger charge is -2.34. The molecule has 0 spiro atoms. The third kappa shape index (κ3) is 7.65. The predicted molar refractivity (Wildman–Crippen MR) is 119 cm³/mol. The highest BCUT2D eigenvalue weighted by molar-refractivity contribution is 5.92. The van der Waals surface area contributed by atoms with Crippen LogP contribution in [0, 0.1) is 17.8 Å². The third-order valence-corrected chi connectivity index (χ3v) is 5.74. The number of nitrogens with one attached hydrogen (secondary N) is 3. The van der Waals surface area contributed by atoms with Gasteiger partial charge >= 0.3 is 0 Å². The molecule has 0 radical (unpaired) electrons. The predicted octanol–water partition coefficient (Wildman–Crippen LogP) is 0.851. The van der Waals surface area contributed by atoms with E-state index >= 15 is 0 Å². The summed E-state index contributed by atoms with van der Waals surface area (Å²) in [7, 11) is 0. The minimum absolute atomic E-state index is 0.0877. The minimum Gasteiger partial charge on any atom is -0.368 e. The van der Waals surface area contributed by atoms with Crippen LogP contribution in [0.2, 0.25) is 0 Å². The highest BCUT2D eigenvalue weighted by atomic mass is 16.2. The number of hydrogen-bond donors (Lipinski definition) is 4. The maximum Gasteiger partial charge on any atom is 0.258 e. The van der Waals surface area contributed by atoms with E-state index in [1.807, 2.05) is 46.8 Å². The van der Waals surface area contributed by atoms with Gasteiger partial charge in [0, 0.05) is 12.5 Å². The molecule has 1 aliphatic heterocycles. The molecule has 1 saturated heterocycles. The summed E-state index contributed by atoms with van der Waals surface area (Å²) in [6.45, 7) is 11.5. The maximum absolute atomic E-state index is 12.9. The summed E-state index contributed by atoms with van der Waals surface area (Å²) >= 11 is 0. The number of primary amides is 1. The molecule has 5 unspecified atom stereocenters. The second-order valence-corrected chi connectivity index (χ2v) is 8.56. The summed E-state index contributed by atoms with van der Waals surface area (Å²) in [6, 6.07) is -2.19. The number of allylic oxidation sites excluding steroid dienone is 2. The zero-order valence-electron chi connectivity index (χ0n) is 19.6. The van der Waals surface area contributed by atoms with Crippen molar-refractivity contribution in [1.82, 2.24) is 21.1 Å². The molecule has 5 N–H and O–H groups in total. The zero-order valence-corrected chi connectivity index (χ0v) is 19.6. The highest BCUT2D eigenvalue weighted by Crippen LogP contribution is 2.18. The molecule has 0 bridgehead atoms. The standard InChI is InChI=1S/C22H39N5O4/c1-7-10-16(8-2)14(5)20(29)25-18(13(3)4)21(30)24-15(6)22(31)27-12-9-11-17(26-27)19(23)28/h7,10,13-18,26H,8-9,11-12H2,1-6H3,(H2,23,28)(H,24,30)(H,25,29)/b10-7+. The fraction of sp³-hybridized carbons (Fsp3) is 0.727. The Hall–Kier alpha value is -2.42. The summed E-state index contributed by atoms with van der Waals surface area (Å²) in [5.74, 6) is -1.84. The lowest BCUT2D eigenvalue weighted by atomic mass is 9.89. The van der Waals surface area contributed by atoms with Crippen LogP contribution in [-0.2, 0) is 19.2 Å². The van der Waals surface area contributed by atoms with Gasteiger partial charge in [0.05, 0.1) is 0 Å². The molecule has 1 rings (SSSR count). The molecular weight excluding hydrogens is 398 g/mol. The molecule has 31 heavy (non-hydrogen) atoms. The van der Waals surface area contributed by atoms with E-state index in [0.717, 1.165) is 6.42 Å². The summed E-state index contributed by atoms with van der Waals surface area (Å²) in [5, 5.41) is 6.88. The molecular formula is C22H39N5O4. The lowest BCUT2D eigenvalue weighted by molar-refractivity contribution is -0.143. The Kier molecular flexibility index (Phi) is 10.7. The van der Waals surface area contributed by atoms with Crippen LogP contribution in [0.15, 0.2) is 12.2 Å². The van der Waals surface area contributed by atoms with Crippen LogP contribution >= 0.6 is 0 Å². The molecule has 0 aromatic heterocycles. The van der Waals surface area contributed by atoms with E-state index in [9.17, 15) is 19.2 Å². The van der Waals surface area contributed by atoms with Crippen LogP contribution in [0.3, 0.4) is 0 Å². The van der Waals surface area contributed by atoms with Gasteiger partial charge in [0.25, 0.3) is 5.91 Å². The molecule has 0 saturated carbocycles. The number of hydrazine groups is 1. The van der Waals surface area contributed by atoms with Gasteiger partial charge < -0.3 is 16.4 Å². The van der Waals surface area contributed by atoms with Crippen molar-refractivity contribution in [2.75, 3.05) is 6.54 Å². The van der Waals surface area contributed by atoms with Crippen LogP contribution in [0.25, 0.3) is 0 Å². The van der Waals surface area contributed by atoms with Gasteiger partial charge in [0.15, 0.2) is 0 Å². The number of rotatable bonds is 10. The molecule has 9 heteroatoms. The molecule has 9 nitrogen and oxygen atoms in total. The Bertz CT molecular complexity index is 679. The molecule has 0 aromatic carbocycles. The molecule has 176 valence electrons. The van der Waals surface area contributed by atoms with Crippen LogP contribution in [0.4, 0.5) is 0 Å². The largest absolute Gasteiger partial charge is 0.368 e. The van der Waals surface area contributed by atoms with Crippen molar-refractivity contribution in [2.24, 2.45) is 23.5 Å². The van der Waals surface area contributed by atoms with Crippen molar-refractivity contribution in [3.63, 3.8) is 0 Å². The van der Waals surface area contributed by atoms with Gasteiger partial charge in [0.1, 0.15) is 18.1 Å². The van der Waals surface area contributed by atoms with Crippen LogP contribution in [0.5, 0.6) is 0 Å². The number of amides is 4. The van der Waals surface area contributed by atoms with Crippen molar-refractivity contribution in [3.8, 4) is 0 Å². The van der Waals surface area contributed by atoms with Gasteiger partial charge in [-0.25, -0.2) is 5.43 Å². The molecule has 1 aliphatic rings. The van der Waals surface area contributed by atoms with E-state index in [1.165, 1.54) is 5.01 Å². The summed E-state index contributed by atoms with van der Waals surface area (Å²) < 4.78 is 0. The fourth-order valence-corrected chi connectivity index (χ4v) is 3.67. The van der Waals surface area contributed by atoms with Crippen LogP contribution in [-0.4, -0.2) is 53.3 Å². The van der Waals surface area contributed by atoms with Crippen molar-refractivity contribution in [1.29, 1.82) is 0 Å². The number of carbonyl (C=O) groups is 4. The quantitative estimate of drug-likeness (QED) is 0.376. The second-order valence-electron chi connectivity index (χ2n) is 8.56. The molecule has 5 atom stereocenters. The van der Waals surface area contributed by atoms with Gasteiger partial charge in [0.2, 0.25) is 17.7 Å². The normalized spacial score (nSPS) is 20.7.